The van der Waals surface area contributed by atoms with E-state index in [1.54, 1.807) is 20.8 Å². The molecule has 0 aliphatic carbocycles. The molecular formula is C10H18FNO2. The number of nitrogens with one attached hydrogen (secondary N) is 1. The number of rotatable bonds is 1. The summed E-state index contributed by atoms with van der Waals surface area (Å²) in [5.41, 5.74) is -0.526. The Morgan fingerprint density at radius 3 is 2.64 bits per heavy atom. The summed E-state index contributed by atoms with van der Waals surface area (Å²) in [6.07, 6.45) is -0.589. The van der Waals surface area contributed by atoms with Crippen LogP contribution in [0.25, 0.3) is 0 Å². The molecule has 1 saturated heterocycles. The molecule has 0 aromatic heterocycles. The predicted octanol–water partition coefficient (Wildman–Crippen LogP) is 1.28. The minimum absolute atomic E-state index is 0.254. The van der Waals surface area contributed by atoms with Gasteiger partial charge in [-0.15, -0.1) is 0 Å². The van der Waals surface area contributed by atoms with Gasteiger partial charge in [0.1, 0.15) is 11.8 Å². The van der Waals surface area contributed by atoms with Crippen molar-refractivity contribution < 1.29 is 13.9 Å². The first-order chi connectivity index (χ1) is 6.40. The smallest absolute Gasteiger partial charge is 0.312 e. The second-order valence-corrected chi connectivity index (χ2v) is 4.65. The molecule has 0 aromatic carbocycles. The number of alkyl halides is 1. The first-order valence-electron chi connectivity index (χ1n) is 4.98. The van der Waals surface area contributed by atoms with E-state index in [0.717, 1.165) is 0 Å². The van der Waals surface area contributed by atoms with Crippen molar-refractivity contribution in [1.82, 2.24) is 5.32 Å². The highest BCUT2D eigenvalue weighted by molar-refractivity contribution is 5.73. The van der Waals surface area contributed by atoms with Crippen molar-refractivity contribution in [2.24, 2.45) is 5.92 Å². The molecule has 0 saturated carbocycles. The van der Waals surface area contributed by atoms with E-state index in [9.17, 15) is 9.18 Å². The second kappa shape index (κ2) is 4.26. The van der Waals surface area contributed by atoms with Gasteiger partial charge in [-0.25, -0.2) is 4.39 Å². The summed E-state index contributed by atoms with van der Waals surface area (Å²) in [6, 6.07) is 0. The Morgan fingerprint density at radius 1 is 1.50 bits per heavy atom. The van der Waals surface area contributed by atoms with Gasteiger partial charge in [0.25, 0.3) is 0 Å². The van der Waals surface area contributed by atoms with E-state index in [2.05, 4.69) is 5.32 Å². The Labute approximate surface area is 84.0 Å². The van der Waals surface area contributed by atoms with Crippen LogP contribution in [0.4, 0.5) is 4.39 Å². The second-order valence-electron chi connectivity index (χ2n) is 4.65. The standard InChI is InChI=1S/C10H18FNO2/c1-10(2,3)14-9(13)7-4-5-12-6-8(7)11/h7-8,12H,4-6H2,1-3H3/t7-,8+/m1/s1. The Hall–Kier alpha value is -0.640. The van der Waals surface area contributed by atoms with Gasteiger partial charge in [-0.3, -0.25) is 4.79 Å². The summed E-state index contributed by atoms with van der Waals surface area (Å²) < 4.78 is 18.5. The summed E-state index contributed by atoms with van der Waals surface area (Å²) in [4.78, 5) is 11.5. The zero-order valence-corrected chi connectivity index (χ0v) is 8.97. The molecule has 0 unspecified atom stereocenters. The van der Waals surface area contributed by atoms with Gasteiger partial charge in [-0.05, 0) is 33.7 Å². The largest absolute Gasteiger partial charge is 0.460 e. The normalized spacial score (nSPS) is 28.6. The molecule has 1 aliphatic rings. The van der Waals surface area contributed by atoms with Gasteiger partial charge in [0.15, 0.2) is 0 Å². The van der Waals surface area contributed by atoms with E-state index in [4.69, 9.17) is 4.74 Å². The van der Waals surface area contributed by atoms with Crippen LogP contribution in [0.5, 0.6) is 0 Å². The van der Waals surface area contributed by atoms with Gasteiger partial charge in [0.2, 0.25) is 0 Å². The summed E-state index contributed by atoms with van der Waals surface area (Å²) in [7, 11) is 0. The van der Waals surface area contributed by atoms with Crippen molar-refractivity contribution >= 4 is 5.97 Å². The number of halogens is 1. The van der Waals surface area contributed by atoms with Crippen molar-refractivity contribution in [1.29, 1.82) is 0 Å². The molecule has 4 heteroatoms. The lowest BCUT2D eigenvalue weighted by molar-refractivity contribution is -0.163. The molecule has 1 N–H and O–H groups in total. The monoisotopic (exact) mass is 203 g/mol. The van der Waals surface area contributed by atoms with Crippen molar-refractivity contribution in [3.05, 3.63) is 0 Å². The Balaban J connectivity index is 2.50. The minimum Gasteiger partial charge on any atom is -0.460 e. The van der Waals surface area contributed by atoms with Crippen LogP contribution in [0.2, 0.25) is 0 Å². The maximum Gasteiger partial charge on any atom is 0.312 e. The van der Waals surface area contributed by atoms with E-state index in [1.165, 1.54) is 0 Å². The van der Waals surface area contributed by atoms with Gasteiger partial charge in [0.05, 0.1) is 5.92 Å². The molecule has 0 radical (unpaired) electrons. The number of hydrogen-bond acceptors (Lipinski definition) is 3. The molecule has 0 amide bonds. The summed E-state index contributed by atoms with van der Waals surface area (Å²) in [5.74, 6) is -0.998. The Morgan fingerprint density at radius 2 is 2.14 bits per heavy atom. The van der Waals surface area contributed by atoms with Gasteiger partial charge in [0, 0.05) is 6.54 Å². The Bertz CT molecular complexity index is 213. The third-order valence-corrected chi connectivity index (χ3v) is 2.12. The van der Waals surface area contributed by atoms with Crippen LogP contribution in [-0.4, -0.2) is 30.8 Å². The van der Waals surface area contributed by atoms with Gasteiger partial charge in [-0.2, -0.15) is 0 Å². The van der Waals surface area contributed by atoms with E-state index in [1.807, 2.05) is 0 Å². The maximum atomic E-state index is 13.3. The number of carbonyl (C=O) groups excluding carboxylic acids is 1. The number of ether oxygens (including phenoxy) is 1. The molecule has 2 atom stereocenters. The predicted molar refractivity (Wildman–Crippen MR) is 51.7 cm³/mol. The molecule has 1 heterocycles. The maximum absolute atomic E-state index is 13.3. The van der Waals surface area contributed by atoms with Crippen molar-refractivity contribution in [3.63, 3.8) is 0 Å². The van der Waals surface area contributed by atoms with Crippen LogP contribution in [0, 0.1) is 5.92 Å². The lowest BCUT2D eigenvalue weighted by atomic mass is 9.96. The van der Waals surface area contributed by atoms with Crippen LogP contribution in [0.15, 0.2) is 0 Å². The summed E-state index contributed by atoms with van der Waals surface area (Å²) in [6.45, 7) is 6.31. The fourth-order valence-corrected chi connectivity index (χ4v) is 1.46. The lowest BCUT2D eigenvalue weighted by Gasteiger charge is -2.28. The van der Waals surface area contributed by atoms with E-state index >= 15 is 0 Å². The van der Waals surface area contributed by atoms with Crippen LogP contribution in [0.1, 0.15) is 27.2 Å². The fraction of sp³-hybridized carbons (Fsp3) is 0.900. The van der Waals surface area contributed by atoms with Gasteiger partial charge in [-0.1, -0.05) is 0 Å². The number of piperidine rings is 1. The van der Waals surface area contributed by atoms with Crippen LogP contribution >= 0.6 is 0 Å². The molecule has 1 aliphatic heterocycles. The zero-order chi connectivity index (χ0) is 10.8. The quantitative estimate of drug-likeness (QED) is 0.652. The van der Waals surface area contributed by atoms with Crippen molar-refractivity contribution in [2.75, 3.05) is 13.1 Å². The molecule has 14 heavy (non-hydrogen) atoms. The highest BCUT2D eigenvalue weighted by Gasteiger charge is 2.34. The number of carbonyl (C=O) groups is 1. The third-order valence-electron chi connectivity index (χ3n) is 2.12. The average molecular weight is 203 g/mol. The highest BCUT2D eigenvalue weighted by atomic mass is 19.1. The van der Waals surface area contributed by atoms with Gasteiger partial charge < -0.3 is 10.1 Å². The first-order valence-corrected chi connectivity index (χ1v) is 4.98. The third kappa shape index (κ3) is 3.25. The van der Waals surface area contributed by atoms with Gasteiger partial charge >= 0.3 is 5.97 Å². The SMILES string of the molecule is CC(C)(C)OC(=O)[C@@H]1CCNC[C@@H]1F. The number of hydrogen-bond donors (Lipinski definition) is 1. The molecule has 3 nitrogen and oxygen atoms in total. The zero-order valence-electron chi connectivity index (χ0n) is 8.97. The van der Waals surface area contributed by atoms with Crippen LogP contribution in [0.3, 0.4) is 0 Å². The molecule has 0 aromatic rings. The number of esters is 1. The molecule has 1 rings (SSSR count). The van der Waals surface area contributed by atoms with E-state index in [0.29, 0.717) is 13.0 Å². The van der Waals surface area contributed by atoms with E-state index in [-0.39, 0.29) is 6.54 Å². The molecular weight excluding hydrogens is 185 g/mol. The lowest BCUT2D eigenvalue weighted by Crippen LogP contribution is -2.43. The first kappa shape index (κ1) is 11.4. The molecule has 0 bridgehead atoms. The summed E-state index contributed by atoms with van der Waals surface area (Å²) in [5, 5.41) is 2.90. The van der Waals surface area contributed by atoms with Crippen molar-refractivity contribution in [3.8, 4) is 0 Å². The van der Waals surface area contributed by atoms with Crippen LogP contribution in [-0.2, 0) is 9.53 Å². The molecule has 1 fully saturated rings. The fourth-order valence-electron chi connectivity index (χ4n) is 1.46. The average Bonchev–Trinajstić information content (AvgIpc) is 2.01. The van der Waals surface area contributed by atoms with Crippen molar-refractivity contribution in [2.45, 2.75) is 39.0 Å². The molecule has 82 valence electrons. The minimum atomic E-state index is -1.11. The van der Waals surface area contributed by atoms with Crippen LogP contribution < -0.4 is 5.32 Å². The Kier molecular flexibility index (Phi) is 3.48. The summed E-state index contributed by atoms with van der Waals surface area (Å²) >= 11 is 0. The topological polar surface area (TPSA) is 38.3 Å². The highest BCUT2D eigenvalue weighted by Crippen LogP contribution is 2.20. The molecule has 0 spiro atoms. The van der Waals surface area contributed by atoms with E-state index < -0.39 is 23.7 Å².